The standard InChI is InChI=1S/C13H15N7S/c1-3-20(2)12-8(7-17-19-12)9-10(21-13(14)18-9)11-15-5-4-6-16-11/h4-7H,3H2,1-2H3,(H2,14,18)(H,17,19). The first-order valence-electron chi connectivity index (χ1n) is 6.49. The maximum atomic E-state index is 5.89. The molecule has 21 heavy (non-hydrogen) atoms. The fourth-order valence-corrected chi connectivity index (χ4v) is 2.78. The molecule has 0 saturated heterocycles. The molecule has 3 aromatic heterocycles. The van der Waals surface area contributed by atoms with Crippen LogP contribution in [0.25, 0.3) is 22.0 Å². The molecule has 0 fully saturated rings. The topological polar surface area (TPSA) is 96.6 Å². The fourth-order valence-electron chi connectivity index (χ4n) is 1.99. The minimum absolute atomic E-state index is 0.485. The molecule has 0 aromatic carbocycles. The Morgan fingerprint density at radius 2 is 2.10 bits per heavy atom. The molecule has 3 aromatic rings. The summed E-state index contributed by atoms with van der Waals surface area (Å²) in [7, 11) is 1.99. The summed E-state index contributed by atoms with van der Waals surface area (Å²) in [6, 6.07) is 1.78. The molecule has 8 heteroatoms. The van der Waals surface area contributed by atoms with E-state index in [0.29, 0.717) is 11.0 Å². The highest BCUT2D eigenvalue weighted by atomic mass is 32.1. The first kappa shape index (κ1) is 13.5. The van der Waals surface area contributed by atoms with Crippen molar-refractivity contribution in [3.63, 3.8) is 0 Å². The SMILES string of the molecule is CCN(C)c1[nH]ncc1-c1nc(N)sc1-c1ncccn1. The van der Waals surface area contributed by atoms with Crippen molar-refractivity contribution >= 4 is 22.3 Å². The van der Waals surface area contributed by atoms with E-state index in [1.165, 1.54) is 11.3 Å². The van der Waals surface area contributed by atoms with Crippen LogP contribution >= 0.6 is 11.3 Å². The van der Waals surface area contributed by atoms with Gasteiger partial charge in [-0.15, -0.1) is 0 Å². The van der Waals surface area contributed by atoms with E-state index in [9.17, 15) is 0 Å². The number of hydrogen-bond donors (Lipinski definition) is 2. The number of thiazole rings is 1. The van der Waals surface area contributed by atoms with Gasteiger partial charge in [-0.2, -0.15) is 5.10 Å². The summed E-state index contributed by atoms with van der Waals surface area (Å²) in [5, 5.41) is 7.61. The van der Waals surface area contributed by atoms with E-state index in [1.807, 2.05) is 7.05 Å². The first-order valence-corrected chi connectivity index (χ1v) is 7.31. The summed E-state index contributed by atoms with van der Waals surface area (Å²) in [5.41, 5.74) is 7.54. The van der Waals surface area contributed by atoms with Crippen molar-refractivity contribution in [1.29, 1.82) is 0 Å². The largest absolute Gasteiger partial charge is 0.375 e. The molecular weight excluding hydrogens is 286 g/mol. The van der Waals surface area contributed by atoms with Gasteiger partial charge < -0.3 is 10.6 Å². The molecule has 0 atom stereocenters. The summed E-state index contributed by atoms with van der Waals surface area (Å²) in [4.78, 5) is 15.9. The number of nitrogens with one attached hydrogen (secondary N) is 1. The van der Waals surface area contributed by atoms with E-state index in [4.69, 9.17) is 5.73 Å². The zero-order valence-corrected chi connectivity index (χ0v) is 12.6. The number of rotatable bonds is 4. The number of H-pyrrole nitrogens is 1. The van der Waals surface area contributed by atoms with Gasteiger partial charge in [0.1, 0.15) is 10.7 Å². The number of nitrogen functional groups attached to an aromatic ring is 1. The Labute approximate surface area is 125 Å². The van der Waals surface area contributed by atoms with E-state index in [0.717, 1.165) is 28.5 Å². The molecule has 3 rings (SSSR count). The Balaban J connectivity index is 2.14. The van der Waals surface area contributed by atoms with E-state index < -0.39 is 0 Å². The number of nitrogens with two attached hydrogens (primary N) is 1. The molecule has 7 nitrogen and oxygen atoms in total. The third-order valence-corrected chi connectivity index (χ3v) is 4.02. The van der Waals surface area contributed by atoms with Gasteiger partial charge in [0.05, 0.1) is 17.5 Å². The molecule has 0 spiro atoms. The van der Waals surface area contributed by atoms with Gasteiger partial charge in [-0.05, 0) is 13.0 Å². The zero-order valence-electron chi connectivity index (χ0n) is 11.7. The first-order chi connectivity index (χ1) is 10.2. The summed E-state index contributed by atoms with van der Waals surface area (Å²) in [6.45, 7) is 2.92. The smallest absolute Gasteiger partial charge is 0.181 e. The van der Waals surface area contributed by atoms with Crippen LogP contribution < -0.4 is 10.6 Å². The highest BCUT2D eigenvalue weighted by Gasteiger charge is 2.20. The minimum atomic E-state index is 0.485. The average Bonchev–Trinajstić information content (AvgIpc) is 3.13. The van der Waals surface area contributed by atoms with Crippen molar-refractivity contribution in [3.8, 4) is 22.0 Å². The van der Waals surface area contributed by atoms with Crippen LogP contribution in [-0.2, 0) is 0 Å². The average molecular weight is 301 g/mol. The second-order valence-electron chi connectivity index (χ2n) is 4.45. The van der Waals surface area contributed by atoms with Gasteiger partial charge in [-0.25, -0.2) is 15.0 Å². The molecule has 0 amide bonds. The van der Waals surface area contributed by atoms with Crippen LogP contribution in [0, 0.1) is 0 Å². The van der Waals surface area contributed by atoms with Gasteiger partial charge in [-0.1, -0.05) is 11.3 Å². The maximum Gasteiger partial charge on any atom is 0.181 e. The van der Waals surface area contributed by atoms with Crippen molar-refractivity contribution in [2.75, 3.05) is 24.2 Å². The third-order valence-electron chi connectivity index (χ3n) is 3.14. The van der Waals surface area contributed by atoms with Crippen molar-refractivity contribution < 1.29 is 0 Å². The van der Waals surface area contributed by atoms with Gasteiger partial charge in [0, 0.05) is 26.0 Å². The molecule has 3 heterocycles. The predicted octanol–water partition coefficient (Wildman–Crippen LogP) is 2.03. The van der Waals surface area contributed by atoms with Crippen LogP contribution in [0.15, 0.2) is 24.7 Å². The Morgan fingerprint density at radius 3 is 2.81 bits per heavy atom. The quantitative estimate of drug-likeness (QED) is 0.765. The lowest BCUT2D eigenvalue weighted by atomic mass is 10.2. The molecule has 0 unspecified atom stereocenters. The molecule has 0 saturated carbocycles. The Morgan fingerprint density at radius 1 is 1.33 bits per heavy atom. The number of aromatic amines is 1. The number of aromatic nitrogens is 5. The van der Waals surface area contributed by atoms with E-state index in [2.05, 4.69) is 37.0 Å². The Hall–Kier alpha value is -2.48. The van der Waals surface area contributed by atoms with Gasteiger partial charge >= 0.3 is 0 Å². The van der Waals surface area contributed by atoms with E-state index >= 15 is 0 Å². The van der Waals surface area contributed by atoms with Crippen LogP contribution in [0.3, 0.4) is 0 Å². The van der Waals surface area contributed by atoms with Crippen LogP contribution in [-0.4, -0.2) is 38.7 Å². The summed E-state index contributed by atoms with van der Waals surface area (Å²) >= 11 is 1.38. The van der Waals surface area contributed by atoms with Crippen LogP contribution in [0.2, 0.25) is 0 Å². The van der Waals surface area contributed by atoms with Gasteiger partial charge in [0.15, 0.2) is 11.0 Å². The zero-order chi connectivity index (χ0) is 14.8. The summed E-state index contributed by atoms with van der Waals surface area (Å²) < 4.78 is 0. The summed E-state index contributed by atoms with van der Waals surface area (Å²) in [6.07, 6.45) is 5.16. The third kappa shape index (κ3) is 2.45. The monoisotopic (exact) mass is 301 g/mol. The highest BCUT2D eigenvalue weighted by molar-refractivity contribution is 7.19. The predicted molar refractivity (Wildman–Crippen MR) is 84.1 cm³/mol. The van der Waals surface area contributed by atoms with Crippen molar-refractivity contribution in [2.45, 2.75) is 6.92 Å². The molecular formula is C13H15N7S. The Kier molecular flexibility index (Phi) is 3.53. The molecule has 108 valence electrons. The second-order valence-corrected chi connectivity index (χ2v) is 5.48. The Bertz CT molecular complexity index is 734. The van der Waals surface area contributed by atoms with Crippen molar-refractivity contribution in [1.82, 2.24) is 25.1 Å². The highest BCUT2D eigenvalue weighted by Crippen LogP contribution is 2.39. The number of hydrogen-bond acceptors (Lipinski definition) is 7. The lowest BCUT2D eigenvalue weighted by molar-refractivity contribution is 0.923. The lowest BCUT2D eigenvalue weighted by Gasteiger charge is -2.15. The molecule has 3 N–H and O–H groups in total. The molecule has 0 aliphatic carbocycles. The second kappa shape index (κ2) is 5.49. The summed E-state index contributed by atoms with van der Waals surface area (Å²) in [5.74, 6) is 1.52. The van der Waals surface area contributed by atoms with E-state index in [1.54, 1.807) is 24.7 Å². The van der Waals surface area contributed by atoms with Crippen LogP contribution in [0.5, 0.6) is 0 Å². The minimum Gasteiger partial charge on any atom is -0.375 e. The normalized spacial score (nSPS) is 10.8. The van der Waals surface area contributed by atoms with Crippen LogP contribution in [0.1, 0.15) is 6.92 Å². The van der Waals surface area contributed by atoms with Gasteiger partial charge in [0.25, 0.3) is 0 Å². The molecule has 0 aliphatic rings. The van der Waals surface area contributed by atoms with Crippen molar-refractivity contribution in [3.05, 3.63) is 24.7 Å². The van der Waals surface area contributed by atoms with E-state index in [-0.39, 0.29) is 0 Å². The maximum absolute atomic E-state index is 5.89. The fraction of sp³-hybridized carbons (Fsp3) is 0.231. The van der Waals surface area contributed by atoms with Gasteiger partial charge in [0.2, 0.25) is 0 Å². The molecule has 0 aliphatic heterocycles. The number of anilines is 2. The number of nitrogens with zero attached hydrogens (tertiary/aromatic N) is 5. The van der Waals surface area contributed by atoms with Crippen molar-refractivity contribution in [2.24, 2.45) is 0 Å². The lowest BCUT2D eigenvalue weighted by Crippen LogP contribution is -2.17. The van der Waals surface area contributed by atoms with Crippen LogP contribution in [0.4, 0.5) is 10.9 Å². The molecule has 0 radical (unpaired) electrons. The van der Waals surface area contributed by atoms with Gasteiger partial charge in [-0.3, -0.25) is 5.10 Å². The molecule has 0 bridgehead atoms.